The number of nitrogens with zero attached hydrogens (tertiary/aromatic N) is 1. The van der Waals surface area contributed by atoms with Crippen molar-refractivity contribution in [3.05, 3.63) is 23.4 Å². The second-order valence-electron chi connectivity index (χ2n) is 2.69. The van der Waals surface area contributed by atoms with Crippen LogP contribution in [0.25, 0.3) is 0 Å². The van der Waals surface area contributed by atoms with Crippen molar-refractivity contribution in [3.8, 4) is 5.88 Å². The van der Waals surface area contributed by atoms with E-state index in [-0.39, 0.29) is 6.42 Å². The minimum absolute atomic E-state index is 0.0591. The van der Waals surface area contributed by atoms with E-state index in [9.17, 15) is 4.79 Å². The van der Waals surface area contributed by atoms with Crippen LogP contribution in [0.1, 0.15) is 11.3 Å². The number of ether oxygens (including phenoxy) is 1. The van der Waals surface area contributed by atoms with Gasteiger partial charge in [-0.2, -0.15) is 0 Å². The fraction of sp³-hybridized carbons (Fsp3) is 0.333. The first kappa shape index (κ1) is 9.51. The van der Waals surface area contributed by atoms with Crippen molar-refractivity contribution < 1.29 is 14.6 Å². The predicted molar refractivity (Wildman–Crippen MR) is 46.9 cm³/mol. The van der Waals surface area contributed by atoms with Gasteiger partial charge in [-0.3, -0.25) is 4.79 Å². The fourth-order valence-corrected chi connectivity index (χ4v) is 1.04. The van der Waals surface area contributed by atoms with Crippen molar-refractivity contribution in [3.63, 3.8) is 0 Å². The summed E-state index contributed by atoms with van der Waals surface area (Å²) < 4.78 is 4.95. The van der Waals surface area contributed by atoms with E-state index in [1.165, 1.54) is 7.11 Å². The molecule has 0 saturated heterocycles. The van der Waals surface area contributed by atoms with E-state index in [1.54, 1.807) is 12.1 Å². The molecular formula is C9H11NO3. The van der Waals surface area contributed by atoms with Gasteiger partial charge < -0.3 is 9.84 Å². The Morgan fingerprint density at radius 2 is 2.31 bits per heavy atom. The van der Waals surface area contributed by atoms with E-state index in [0.717, 1.165) is 5.69 Å². The van der Waals surface area contributed by atoms with Gasteiger partial charge in [-0.25, -0.2) is 4.98 Å². The van der Waals surface area contributed by atoms with Gasteiger partial charge in [0.2, 0.25) is 5.88 Å². The van der Waals surface area contributed by atoms with Gasteiger partial charge in [0.25, 0.3) is 0 Å². The molecule has 0 atom stereocenters. The lowest BCUT2D eigenvalue weighted by Gasteiger charge is -2.05. The Morgan fingerprint density at radius 1 is 1.62 bits per heavy atom. The SMILES string of the molecule is COc1nc(C)ccc1CC(=O)O. The monoisotopic (exact) mass is 181 g/mol. The van der Waals surface area contributed by atoms with Gasteiger partial charge in [0.1, 0.15) is 0 Å². The van der Waals surface area contributed by atoms with E-state index in [0.29, 0.717) is 11.4 Å². The first-order valence-corrected chi connectivity index (χ1v) is 3.86. The van der Waals surface area contributed by atoms with Crippen LogP contribution in [0, 0.1) is 6.92 Å². The molecule has 0 saturated carbocycles. The van der Waals surface area contributed by atoms with Crippen LogP contribution >= 0.6 is 0 Å². The van der Waals surface area contributed by atoms with Gasteiger partial charge >= 0.3 is 5.97 Å². The predicted octanol–water partition coefficient (Wildman–Crippen LogP) is 1.03. The minimum atomic E-state index is -0.885. The van der Waals surface area contributed by atoms with Gasteiger partial charge in [-0.1, -0.05) is 6.07 Å². The third kappa shape index (κ3) is 2.43. The summed E-state index contributed by atoms with van der Waals surface area (Å²) in [7, 11) is 1.48. The Kier molecular flexibility index (Phi) is 2.84. The molecule has 0 bridgehead atoms. The molecule has 0 aromatic carbocycles. The number of aryl methyl sites for hydroxylation is 1. The van der Waals surface area contributed by atoms with Crippen molar-refractivity contribution in [1.82, 2.24) is 4.98 Å². The average Bonchev–Trinajstić information content (AvgIpc) is 2.07. The molecule has 1 aromatic heterocycles. The number of carboxylic acid groups (broad SMARTS) is 1. The highest BCUT2D eigenvalue weighted by atomic mass is 16.5. The molecule has 4 nitrogen and oxygen atoms in total. The molecule has 13 heavy (non-hydrogen) atoms. The lowest BCUT2D eigenvalue weighted by atomic mass is 10.2. The molecule has 70 valence electrons. The molecule has 0 spiro atoms. The van der Waals surface area contributed by atoms with E-state index in [1.807, 2.05) is 6.92 Å². The number of hydrogen-bond donors (Lipinski definition) is 1. The normalized spacial score (nSPS) is 9.69. The Balaban J connectivity index is 2.99. The second-order valence-corrected chi connectivity index (χ2v) is 2.69. The number of pyridine rings is 1. The molecule has 0 radical (unpaired) electrons. The topological polar surface area (TPSA) is 59.4 Å². The van der Waals surface area contributed by atoms with Crippen molar-refractivity contribution in [2.24, 2.45) is 0 Å². The van der Waals surface area contributed by atoms with Gasteiger partial charge in [0.05, 0.1) is 13.5 Å². The first-order chi connectivity index (χ1) is 6.13. The van der Waals surface area contributed by atoms with E-state index in [4.69, 9.17) is 9.84 Å². The maximum atomic E-state index is 10.4. The van der Waals surface area contributed by atoms with Crippen LogP contribution in [0.2, 0.25) is 0 Å². The van der Waals surface area contributed by atoms with Crippen LogP contribution in [0.15, 0.2) is 12.1 Å². The molecule has 0 unspecified atom stereocenters. The Bertz CT molecular complexity index is 323. The number of carbonyl (C=O) groups is 1. The third-order valence-electron chi connectivity index (χ3n) is 1.61. The third-order valence-corrected chi connectivity index (χ3v) is 1.61. The molecule has 0 amide bonds. The van der Waals surface area contributed by atoms with Crippen molar-refractivity contribution in [1.29, 1.82) is 0 Å². The van der Waals surface area contributed by atoms with Crippen molar-refractivity contribution >= 4 is 5.97 Å². The van der Waals surface area contributed by atoms with E-state index in [2.05, 4.69) is 4.98 Å². The van der Waals surface area contributed by atoms with Crippen LogP contribution in [-0.2, 0) is 11.2 Å². The van der Waals surface area contributed by atoms with E-state index >= 15 is 0 Å². The zero-order valence-corrected chi connectivity index (χ0v) is 7.57. The number of rotatable bonds is 3. The molecule has 0 aliphatic rings. The average molecular weight is 181 g/mol. The molecule has 4 heteroatoms. The Hall–Kier alpha value is -1.58. The van der Waals surface area contributed by atoms with E-state index < -0.39 is 5.97 Å². The summed E-state index contributed by atoms with van der Waals surface area (Å²) in [6.45, 7) is 1.83. The standard InChI is InChI=1S/C9H11NO3/c1-6-3-4-7(5-8(11)12)9(10-6)13-2/h3-4H,5H2,1-2H3,(H,11,12). The number of aliphatic carboxylic acids is 1. The van der Waals surface area contributed by atoms with Crippen molar-refractivity contribution in [2.45, 2.75) is 13.3 Å². The summed E-state index contributed by atoms with van der Waals surface area (Å²) in [5.74, 6) is -0.494. The fourth-order valence-electron chi connectivity index (χ4n) is 1.04. The molecule has 1 heterocycles. The molecule has 1 N–H and O–H groups in total. The molecular weight excluding hydrogens is 170 g/mol. The molecule has 1 rings (SSSR count). The number of hydrogen-bond acceptors (Lipinski definition) is 3. The maximum Gasteiger partial charge on any atom is 0.308 e. The highest BCUT2D eigenvalue weighted by molar-refractivity contribution is 5.70. The van der Waals surface area contributed by atoms with Crippen molar-refractivity contribution in [2.75, 3.05) is 7.11 Å². The lowest BCUT2D eigenvalue weighted by molar-refractivity contribution is -0.136. The number of carboxylic acids is 1. The molecule has 1 aromatic rings. The van der Waals surface area contributed by atoms with Gasteiger partial charge in [0.15, 0.2) is 0 Å². The summed E-state index contributed by atoms with van der Waals surface area (Å²) in [6.07, 6.45) is -0.0591. The minimum Gasteiger partial charge on any atom is -0.481 e. The summed E-state index contributed by atoms with van der Waals surface area (Å²) in [5, 5.41) is 8.57. The zero-order chi connectivity index (χ0) is 9.84. The summed E-state index contributed by atoms with van der Waals surface area (Å²) in [4.78, 5) is 14.5. The van der Waals surface area contributed by atoms with Crippen LogP contribution < -0.4 is 4.74 Å². The Morgan fingerprint density at radius 3 is 2.85 bits per heavy atom. The summed E-state index contributed by atoms with van der Waals surface area (Å²) in [6, 6.07) is 3.48. The van der Waals surface area contributed by atoms with Gasteiger partial charge in [0, 0.05) is 11.3 Å². The highest BCUT2D eigenvalue weighted by Gasteiger charge is 2.08. The second kappa shape index (κ2) is 3.89. The van der Waals surface area contributed by atoms with Crippen LogP contribution in [-0.4, -0.2) is 23.2 Å². The van der Waals surface area contributed by atoms with Crippen LogP contribution in [0.3, 0.4) is 0 Å². The lowest BCUT2D eigenvalue weighted by Crippen LogP contribution is -2.04. The quantitative estimate of drug-likeness (QED) is 0.756. The van der Waals surface area contributed by atoms with Gasteiger partial charge in [-0.05, 0) is 13.0 Å². The van der Waals surface area contributed by atoms with Crippen LogP contribution in [0.4, 0.5) is 0 Å². The Labute approximate surface area is 76.2 Å². The zero-order valence-electron chi connectivity index (χ0n) is 7.57. The number of methoxy groups -OCH3 is 1. The molecule has 0 aliphatic heterocycles. The first-order valence-electron chi connectivity index (χ1n) is 3.86. The highest BCUT2D eigenvalue weighted by Crippen LogP contribution is 2.15. The smallest absolute Gasteiger partial charge is 0.308 e. The number of aromatic nitrogens is 1. The summed E-state index contributed by atoms with van der Waals surface area (Å²) in [5.41, 5.74) is 1.41. The van der Waals surface area contributed by atoms with Crippen LogP contribution in [0.5, 0.6) is 5.88 Å². The summed E-state index contributed by atoms with van der Waals surface area (Å²) >= 11 is 0. The van der Waals surface area contributed by atoms with Gasteiger partial charge in [-0.15, -0.1) is 0 Å². The molecule has 0 aliphatic carbocycles. The largest absolute Gasteiger partial charge is 0.481 e. The maximum absolute atomic E-state index is 10.4. The molecule has 0 fully saturated rings.